The maximum absolute atomic E-state index is 12.2. The maximum Gasteiger partial charge on any atom is 0.323 e. The largest absolute Gasteiger partial charge is 0.465 e. The molecule has 0 aromatic carbocycles. The van der Waals surface area contributed by atoms with Crippen molar-refractivity contribution < 1.29 is 19.1 Å². The van der Waals surface area contributed by atoms with E-state index in [2.05, 4.69) is 11.8 Å². The van der Waals surface area contributed by atoms with Gasteiger partial charge >= 0.3 is 11.9 Å². The highest BCUT2D eigenvalue weighted by Gasteiger charge is 2.47. The first-order valence-electron chi connectivity index (χ1n) is 6.83. The zero-order valence-corrected chi connectivity index (χ0v) is 12.4. The summed E-state index contributed by atoms with van der Waals surface area (Å²) in [4.78, 5) is 24.4. The number of hydrogen-bond donors (Lipinski definition) is 0. The van der Waals surface area contributed by atoms with E-state index >= 15 is 0 Å². The molecule has 0 aliphatic heterocycles. The van der Waals surface area contributed by atoms with Crippen LogP contribution in [0.15, 0.2) is 0 Å². The van der Waals surface area contributed by atoms with Crippen molar-refractivity contribution in [3.63, 3.8) is 0 Å². The Morgan fingerprint density at radius 2 is 1.53 bits per heavy atom. The summed E-state index contributed by atoms with van der Waals surface area (Å²) in [7, 11) is 0. The molecule has 0 unspecified atom stereocenters. The Morgan fingerprint density at radius 1 is 1.00 bits per heavy atom. The van der Waals surface area contributed by atoms with Gasteiger partial charge in [0.05, 0.1) is 13.2 Å². The van der Waals surface area contributed by atoms with Gasteiger partial charge in [0.15, 0.2) is 5.41 Å². The van der Waals surface area contributed by atoms with E-state index < -0.39 is 17.4 Å². The van der Waals surface area contributed by atoms with Crippen LogP contribution in [0.4, 0.5) is 0 Å². The zero-order chi connectivity index (χ0) is 14.7. The van der Waals surface area contributed by atoms with Crippen LogP contribution < -0.4 is 0 Å². The van der Waals surface area contributed by atoms with Crippen LogP contribution in [-0.2, 0) is 19.1 Å². The van der Waals surface area contributed by atoms with Gasteiger partial charge in [-0.1, -0.05) is 13.3 Å². The lowest BCUT2D eigenvalue weighted by Gasteiger charge is -2.28. The van der Waals surface area contributed by atoms with Crippen molar-refractivity contribution in [1.29, 1.82) is 0 Å². The second-order valence-electron chi connectivity index (χ2n) is 4.20. The fraction of sp³-hybridized carbons (Fsp3) is 0.733. The van der Waals surface area contributed by atoms with Crippen molar-refractivity contribution in [2.75, 3.05) is 13.2 Å². The summed E-state index contributed by atoms with van der Waals surface area (Å²) in [5.74, 6) is 4.68. The van der Waals surface area contributed by atoms with Crippen LogP contribution in [-0.4, -0.2) is 25.2 Å². The Hall–Kier alpha value is -1.50. The maximum atomic E-state index is 12.2. The number of carbonyl (C=O) groups excluding carboxylic acids is 2. The summed E-state index contributed by atoms with van der Waals surface area (Å²) >= 11 is 0. The Labute approximate surface area is 115 Å². The van der Waals surface area contributed by atoms with E-state index in [9.17, 15) is 9.59 Å². The van der Waals surface area contributed by atoms with E-state index in [0.717, 1.165) is 0 Å². The van der Waals surface area contributed by atoms with E-state index in [4.69, 9.17) is 9.47 Å². The first kappa shape index (κ1) is 17.5. The van der Waals surface area contributed by atoms with Gasteiger partial charge in [-0.3, -0.25) is 9.59 Å². The fourth-order valence-electron chi connectivity index (χ4n) is 1.98. The van der Waals surface area contributed by atoms with Crippen LogP contribution in [0, 0.1) is 17.3 Å². The van der Waals surface area contributed by atoms with E-state index in [1.165, 1.54) is 0 Å². The molecule has 0 N–H and O–H groups in total. The minimum Gasteiger partial charge on any atom is -0.465 e. The fourth-order valence-corrected chi connectivity index (χ4v) is 1.98. The lowest BCUT2D eigenvalue weighted by molar-refractivity contribution is -0.173. The van der Waals surface area contributed by atoms with Crippen molar-refractivity contribution in [2.24, 2.45) is 5.41 Å². The second kappa shape index (κ2) is 9.43. The molecule has 0 aliphatic carbocycles. The third-order valence-corrected chi connectivity index (χ3v) is 2.86. The molecule has 19 heavy (non-hydrogen) atoms. The predicted octanol–water partition coefficient (Wildman–Crippen LogP) is 2.70. The van der Waals surface area contributed by atoms with Crippen LogP contribution in [0.2, 0.25) is 0 Å². The highest BCUT2D eigenvalue weighted by molar-refractivity contribution is 6.00. The minimum absolute atomic E-state index is 0.253. The highest BCUT2D eigenvalue weighted by Crippen LogP contribution is 2.33. The smallest absolute Gasteiger partial charge is 0.323 e. The summed E-state index contributed by atoms with van der Waals surface area (Å²) in [5, 5.41) is 0. The molecule has 0 saturated heterocycles. The first-order valence-corrected chi connectivity index (χ1v) is 6.83. The molecule has 0 fully saturated rings. The molecular formula is C15H24O4. The monoisotopic (exact) mass is 268 g/mol. The second-order valence-corrected chi connectivity index (χ2v) is 4.20. The van der Waals surface area contributed by atoms with E-state index in [1.54, 1.807) is 20.8 Å². The summed E-state index contributed by atoms with van der Waals surface area (Å²) < 4.78 is 10.1. The molecule has 0 aromatic rings. The average molecular weight is 268 g/mol. The number of carbonyl (C=O) groups is 2. The third-order valence-electron chi connectivity index (χ3n) is 2.86. The standard InChI is InChI=1S/C15H24O4/c1-5-9-10-12-15(11-6-2,13(16)18-7-3)14(17)19-8-4/h6-8,10-12H2,1-4H3. The minimum atomic E-state index is -1.20. The number of rotatable bonds is 8. The molecule has 108 valence electrons. The van der Waals surface area contributed by atoms with Gasteiger partial charge in [-0.05, 0) is 33.6 Å². The van der Waals surface area contributed by atoms with Crippen molar-refractivity contribution >= 4 is 11.9 Å². The van der Waals surface area contributed by atoms with Gasteiger partial charge in [-0.2, -0.15) is 0 Å². The van der Waals surface area contributed by atoms with Crippen LogP contribution in [0.5, 0.6) is 0 Å². The molecule has 0 spiro atoms. The Bertz CT molecular complexity index is 331. The molecule has 4 heteroatoms. The Morgan fingerprint density at radius 3 is 1.89 bits per heavy atom. The number of esters is 2. The molecule has 0 saturated carbocycles. The van der Waals surface area contributed by atoms with Gasteiger partial charge in [-0.15, -0.1) is 11.8 Å². The molecule has 4 nitrogen and oxygen atoms in total. The lowest BCUT2D eigenvalue weighted by atomic mass is 9.79. The van der Waals surface area contributed by atoms with Gasteiger partial charge in [0.25, 0.3) is 0 Å². The predicted molar refractivity (Wildman–Crippen MR) is 73.3 cm³/mol. The normalized spacial score (nSPS) is 10.3. The van der Waals surface area contributed by atoms with E-state index in [-0.39, 0.29) is 13.2 Å². The zero-order valence-electron chi connectivity index (χ0n) is 12.4. The summed E-state index contributed by atoms with van der Waals surface area (Å²) in [6.07, 6.45) is 1.96. The molecule has 0 heterocycles. The van der Waals surface area contributed by atoms with Crippen LogP contribution in [0.1, 0.15) is 53.4 Å². The molecule has 0 bridgehead atoms. The number of ether oxygens (including phenoxy) is 2. The quantitative estimate of drug-likeness (QED) is 0.386. The van der Waals surface area contributed by atoms with Crippen molar-refractivity contribution in [3.8, 4) is 11.8 Å². The lowest BCUT2D eigenvalue weighted by Crippen LogP contribution is -2.42. The molecule has 0 amide bonds. The van der Waals surface area contributed by atoms with Gasteiger partial charge < -0.3 is 9.47 Å². The molecule has 0 radical (unpaired) electrons. The number of hydrogen-bond acceptors (Lipinski definition) is 4. The van der Waals surface area contributed by atoms with Crippen LogP contribution in [0.25, 0.3) is 0 Å². The van der Waals surface area contributed by atoms with Gasteiger partial charge in [-0.25, -0.2) is 0 Å². The van der Waals surface area contributed by atoms with Crippen molar-refractivity contribution in [1.82, 2.24) is 0 Å². The van der Waals surface area contributed by atoms with Crippen LogP contribution in [0.3, 0.4) is 0 Å². The summed E-state index contributed by atoms with van der Waals surface area (Å²) in [6, 6.07) is 0. The Kier molecular flexibility index (Phi) is 8.69. The van der Waals surface area contributed by atoms with E-state index in [0.29, 0.717) is 25.7 Å². The third kappa shape index (κ3) is 4.94. The van der Waals surface area contributed by atoms with Gasteiger partial charge in [0.2, 0.25) is 0 Å². The topological polar surface area (TPSA) is 52.6 Å². The SMILES string of the molecule is CC#CCCC(CCC)(C(=O)OCC)C(=O)OCC. The summed E-state index contributed by atoms with van der Waals surface area (Å²) in [6.45, 7) is 7.62. The molecular weight excluding hydrogens is 244 g/mol. The Balaban J connectivity index is 5.23. The van der Waals surface area contributed by atoms with Crippen molar-refractivity contribution in [2.45, 2.75) is 53.4 Å². The van der Waals surface area contributed by atoms with Crippen molar-refractivity contribution in [3.05, 3.63) is 0 Å². The summed E-state index contributed by atoms with van der Waals surface area (Å²) in [5.41, 5.74) is -1.20. The molecule has 0 aromatic heterocycles. The molecule has 0 rings (SSSR count). The molecule has 0 atom stereocenters. The highest BCUT2D eigenvalue weighted by atomic mass is 16.6. The van der Waals surface area contributed by atoms with Crippen LogP contribution >= 0.6 is 0 Å². The average Bonchev–Trinajstić information content (AvgIpc) is 2.38. The van der Waals surface area contributed by atoms with E-state index in [1.807, 2.05) is 6.92 Å². The molecule has 0 aliphatic rings. The van der Waals surface area contributed by atoms with Gasteiger partial charge in [0, 0.05) is 6.42 Å². The first-order chi connectivity index (χ1) is 9.08. The van der Waals surface area contributed by atoms with Gasteiger partial charge in [0.1, 0.15) is 0 Å².